The third kappa shape index (κ3) is 1.93. The molecule has 0 amide bonds. The van der Waals surface area contributed by atoms with E-state index in [0.29, 0.717) is 5.56 Å². The van der Waals surface area contributed by atoms with Gasteiger partial charge in [-0.25, -0.2) is 4.98 Å². The summed E-state index contributed by atoms with van der Waals surface area (Å²) in [6.45, 7) is -0.184. The normalized spacial score (nSPS) is 12.1. The summed E-state index contributed by atoms with van der Waals surface area (Å²) >= 11 is 0. The molecule has 5 N–H and O–H groups in total. The Balaban J connectivity index is 3.08. The number of aliphatic hydroxyl groups excluding tert-OH is 1. The quantitative estimate of drug-likeness (QED) is 0.567. The Labute approximate surface area is 75.6 Å². The minimum absolute atomic E-state index is 0.177. The van der Waals surface area contributed by atoms with E-state index in [1.54, 1.807) is 0 Å². The van der Waals surface area contributed by atoms with Crippen molar-refractivity contribution in [2.75, 3.05) is 12.3 Å². The number of anilines is 1. The van der Waals surface area contributed by atoms with Gasteiger partial charge in [0.2, 0.25) is 0 Å². The highest BCUT2D eigenvalue weighted by Gasteiger charge is 2.07. The maximum absolute atomic E-state index is 8.75. The van der Waals surface area contributed by atoms with Crippen LogP contribution in [-0.2, 0) is 0 Å². The van der Waals surface area contributed by atoms with Crippen LogP contribution in [0.5, 0.6) is 0 Å². The molecule has 0 fully saturated rings. The van der Waals surface area contributed by atoms with Crippen molar-refractivity contribution < 1.29 is 5.11 Å². The van der Waals surface area contributed by atoms with Gasteiger partial charge in [-0.3, -0.25) is 0 Å². The highest BCUT2D eigenvalue weighted by molar-refractivity contribution is 5.49. The Morgan fingerprint density at radius 1 is 1.69 bits per heavy atom. The fraction of sp³-hybridized carbons (Fsp3) is 0.250. The Morgan fingerprint density at radius 3 is 2.92 bits per heavy atom. The molecule has 5 heteroatoms. The van der Waals surface area contributed by atoms with Gasteiger partial charge in [-0.05, 0) is 11.6 Å². The molecule has 1 aromatic heterocycles. The summed E-state index contributed by atoms with van der Waals surface area (Å²) in [5, 5.41) is 17.4. The predicted molar refractivity (Wildman–Crippen MR) is 47.4 cm³/mol. The smallest absolute Gasteiger partial charge is 0.141 e. The van der Waals surface area contributed by atoms with Crippen molar-refractivity contribution in [1.82, 2.24) is 4.98 Å². The van der Waals surface area contributed by atoms with Crippen molar-refractivity contribution in [3.8, 4) is 6.07 Å². The monoisotopic (exact) mass is 178 g/mol. The first-order chi connectivity index (χ1) is 6.19. The van der Waals surface area contributed by atoms with E-state index in [0.717, 1.165) is 0 Å². The SMILES string of the molecule is N#Cc1cc([C@H](N)CO)cnc1N. The predicted octanol–water partition coefficient (Wildman–Crippen LogP) is -0.472. The number of hydrogen-bond donors (Lipinski definition) is 3. The van der Waals surface area contributed by atoms with E-state index in [2.05, 4.69) is 4.98 Å². The molecule has 13 heavy (non-hydrogen) atoms. The van der Waals surface area contributed by atoms with Crippen LogP contribution in [-0.4, -0.2) is 16.7 Å². The zero-order valence-electron chi connectivity index (χ0n) is 6.94. The minimum Gasteiger partial charge on any atom is -0.394 e. The molecular formula is C8H10N4O. The van der Waals surface area contributed by atoms with Gasteiger partial charge in [-0.1, -0.05) is 0 Å². The zero-order chi connectivity index (χ0) is 9.84. The maximum atomic E-state index is 8.75. The first-order valence-electron chi connectivity index (χ1n) is 3.71. The van der Waals surface area contributed by atoms with Gasteiger partial charge >= 0.3 is 0 Å². The van der Waals surface area contributed by atoms with Crippen LogP contribution in [0.3, 0.4) is 0 Å². The summed E-state index contributed by atoms with van der Waals surface area (Å²) in [5.41, 5.74) is 11.8. The molecule has 0 unspecified atom stereocenters. The Hall–Kier alpha value is -1.64. The molecule has 0 bridgehead atoms. The van der Waals surface area contributed by atoms with Crippen molar-refractivity contribution in [3.05, 3.63) is 23.4 Å². The van der Waals surface area contributed by atoms with Crippen LogP contribution in [0.25, 0.3) is 0 Å². The second-order valence-electron chi connectivity index (χ2n) is 2.60. The summed E-state index contributed by atoms with van der Waals surface area (Å²) < 4.78 is 0. The van der Waals surface area contributed by atoms with E-state index in [4.69, 9.17) is 21.8 Å². The van der Waals surface area contributed by atoms with Crippen molar-refractivity contribution in [3.63, 3.8) is 0 Å². The Morgan fingerprint density at radius 2 is 2.38 bits per heavy atom. The lowest BCUT2D eigenvalue weighted by Gasteiger charge is -2.08. The average Bonchev–Trinajstić information content (AvgIpc) is 2.17. The van der Waals surface area contributed by atoms with Gasteiger partial charge in [0.05, 0.1) is 18.2 Å². The second kappa shape index (κ2) is 3.85. The number of hydrogen-bond acceptors (Lipinski definition) is 5. The van der Waals surface area contributed by atoms with E-state index >= 15 is 0 Å². The van der Waals surface area contributed by atoms with Gasteiger partial charge in [0.25, 0.3) is 0 Å². The van der Waals surface area contributed by atoms with Gasteiger partial charge < -0.3 is 16.6 Å². The summed E-state index contributed by atoms with van der Waals surface area (Å²) in [5.74, 6) is 0.177. The second-order valence-corrected chi connectivity index (χ2v) is 2.60. The number of nitrogens with zero attached hydrogens (tertiary/aromatic N) is 2. The molecule has 0 aliphatic carbocycles. The van der Waals surface area contributed by atoms with Gasteiger partial charge in [-0.15, -0.1) is 0 Å². The fourth-order valence-corrected chi connectivity index (χ4v) is 0.889. The molecule has 0 saturated heterocycles. The first-order valence-corrected chi connectivity index (χ1v) is 3.71. The van der Waals surface area contributed by atoms with Crippen molar-refractivity contribution in [2.45, 2.75) is 6.04 Å². The van der Waals surface area contributed by atoms with Crippen molar-refractivity contribution in [1.29, 1.82) is 5.26 Å². The number of aliphatic hydroxyl groups is 1. The number of rotatable bonds is 2. The van der Waals surface area contributed by atoms with Crippen molar-refractivity contribution >= 4 is 5.82 Å². The molecule has 68 valence electrons. The lowest BCUT2D eigenvalue weighted by molar-refractivity contribution is 0.268. The van der Waals surface area contributed by atoms with Crippen LogP contribution in [0.1, 0.15) is 17.2 Å². The van der Waals surface area contributed by atoms with Gasteiger partial charge in [0.15, 0.2) is 0 Å². The van der Waals surface area contributed by atoms with Crippen LogP contribution in [0.2, 0.25) is 0 Å². The minimum atomic E-state index is -0.514. The number of nitrogens with two attached hydrogens (primary N) is 2. The topological polar surface area (TPSA) is 109 Å². The van der Waals surface area contributed by atoms with Crippen LogP contribution in [0.15, 0.2) is 12.3 Å². The highest BCUT2D eigenvalue weighted by Crippen LogP contribution is 2.14. The van der Waals surface area contributed by atoms with E-state index in [9.17, 15) is 0 Å². The summed E-state index contributed by atoms with van der Waals surface area (Å²) in [6.07, 6.45) is 1.46. The number of aromatic nitrogens is 1. The van der Waals surface area contributed by atoms with E-state index in [1.165, 1.54) is 12.3 Å². The van der Waals surface area contributed by atoms with Crippen LogP contribution in [0.4, 0.5) is 5.82 Å². The van der Waals surface area contributed by atoms with Gasteiger partial charge in [0, 0.05) is 6.20 Å². The molecule has 0 aromatic carbocycles. The standard InChI is InChI=1S/C8H10N4O/c9-2-5-1-6(7(10)4-13)3-12-8(5)11/h1,3,7,13H,4,10H2,(H2,11,12)/t7-/m1/s1. The zero-order valence-corrected chi connectivity index (χ0v) is 6.94. The number of nitrogen functional groups attached to an aromatic ring is 1. The summed E-state index contributed by atoms with van der Waals surface area (Å²) in [6, 6.07) is 2.91. The third-order valence-electron chi connectivity index (χ3n) is 1.68. The molecule has 1 heterocycles. The van der Waals surface area contributed by atoms with Gasteiger partial charge in [-0.2, -0.15) is 5.26 Å². The summed E-state index contributed by atoms with van der Waals surface area (Å²) in [4.78, 5) is 3.78. The van der Waals surface area contributed by atoms with E-state index in [1.807, 2.05) is 6.07 Å². The van der Waals surface area contributed by atoms with Crippen molar-refractivity contribution in [2.24, 2.45) is 5.73 Å². The van der Waals surface area contributed by atoms with E-state index in [-0.39, 0.29) is 18.0 Å². The molecule has 0 aliphatic rings. The Kier molecular flexibility index (Phi) is 2.80. The van der Waals surface area contributed by atoms with Gasteiger partial charge in [0.1, 0.15) is 11.9 Å². The molecular weight excluding hydrogens is 168 g/mol. The average molecular weight is 178 g/mol. The molecule has 0 saturated carbocycles. The van der Waals surface area contributed by atoms with Crippen LogP contribution in [0, 0.1) is 11.3 Å². The number of nitriles is 1. The van der Waals surface area contributed by atoms with Crippen LogP contribution >= 0.6 is 0 Å². The number of pyridine rings is 1. The maximum Gasteiger partial charge on any atom is 0.141 e. The van der Waals surface area contributed by atoms with E-state index < -0.39 is 6.04 Å². The molecule has 1 aromatic rings. The largest absolute Gasteiger partial charge is 0.394 e. The molecule has 1 rings (SSSR count). The molecule has 0 radical (unpaired) electrons. The lowest BCUT2D eigenvalue weighted by atomic mass is 10.1. The Bertz CT molecular complexity index is 344. The summed E-state index contributed by atoms with van der Waals surface area (Å²) in [7, 11) is 0. The first kappa shape index (κ1) is 9.45. The third-order valence-corrected chi connectivity index (χ3v) is 1.68. The highest BCUT2D eigenvalue weighted by atomic mass is 16.3. The molecule has 1 atom stereocenters. The fourth-order valence-electron chi connectivity index (χ4n) is 0.889. The molecule has 0 aliphatic heterocycles. The molecule has 0 spiro atoms. The lowest BCUT2D eigenvalue weighted by Crippen LogP contribution is -2.15. The van der Waals surface area contributed by atoms with Crippen LogP contribution < -0.4 is 11.5 Å². The molecule has 5 nitrogen and oxygen atoms in total.